The predicted octanol–water partition coefficient (Wildman–Crippen LogP) is 0.774. The molecule has 0 aromatic carbocycles. The fourth-order valence-corrected chi connectivity index (χ4v) is 1.28. The first-order valence-electron chi connectivity index (χ1n) is 4.63. The first-order valence-corrected chi connectivity index (χ1v) is 4.63. The molecule has 0 radical (unpaired) electrons. The molecule has 15 heavy (non-hydrogen) atoms. The fourth-order valence-electron chi connectivity index (χ4n) is 1.28. The van der Waals surface area contributed by atoms with Crippen molar-refractivity contribution in [3.05, 3.63) is 35.6 Å². The number of ether oxygens (including phenoxy) is 2. The highest BCUT2D eigenvalue weighted by Crippen LogP contribution is 2.15. The summed E-state index contributed by atoms with van der Waals surface area (Å²) in [4.78, 5) is 11.4. The first kappa shape index (κ1) is 11.5. The summed E-state index contributed by atoms with van der Waals surface area (Å²) in [5, 5.41) is 3.06. The van der Waals surface area contributed by atoms with Crippen molar-refractivity contribution in [1.29, 1.82) is 0 Å². The number of carbonyl (C=O) groups excluding carboxylic acids is 1. The van der Waals surface area contributed by atoms with Crippen molar-refractivity contribution in [3.63, 3.8) is 0 Å². The Morgan fingerprint density at radius 3 is 2.53 bits per heavy atom. The molecular weight excluding hydrogens is 194 g/mol. The molecule has 1 aliphatic rings. The zero-order chi connectivity index (χ0) is 11.3. The molecule has 4 nitrogen and oxygen atoms in total. The van der Waals surface area contributed by atoms with Crippen LogP contribution in [0.1, 0.15) is 0 Å². The monoisotopic (exact) mass is 209 g/mol. The van der Waals surface area contributed by atoms with Crippen molar-refractivity contribution in [2.24, 2.45) is 0 Å². The molecule has 0 aromatic rings. The number of carbonyl (C=O) groups is 1. The second-order valence-corrected chi connectivity index (χ2v) is 3.01. The molecule has 1 N–H and O–H groups in total. The largest absolute Gasteiger partial charge is 0.496 e. The van der Waals surface area contributed by atoms with Gasteiger partial charge < -0.3 is 14.8 Å². The van der Waals surface area contributed by atoms with Crippen molar-refractivity contribution >= 4 is 5.97 Å². The van der Waals surface area contributed by atoms with E-state index in [1.165, 1.54) is 14.2 Å². The first-order chi connectivity index (χ1) is 7.22. The van der Waals surface area contributed by atoms with Gasteiger partial charge in [-0.25, -0.2) is 4.79 Å². The Hall–Kier alpha value is -1.55. The molecule has 0 amide bonds. The molecule has 1 aliphatic carbocycles. The molecule has 1 unspecified atom stereocenters. The number of rotatable bonds is 3. The predicted molar refractivity (Wildman–Crippen MR) is 57.2 cm³/mol. The molecule has 0 heterocycles. The van der Waals surface area contributed by atoms with Crippen LogP contribution in [0.2, 0.25) is 0 Å². The Balaban J connectivity index is 3.02. The lowest BCUT2D eigenvalue weighted by Gasteiger charge is -2.04. The molecular formula is C11H15NO3. The van der Waals surface area contributed by atoms with Crippen LogP contribution in [0.3, 0.4) is 0 Å². The maximum atomic E-state index is 11.4. The van der Waals surface area contributed by atoms with Gasteiger partial charge in [0.25, 0.3) is 0 Å². The second-order valence-electron chi connectivity index (χ2n) is 3.01. The van der Waals surface area contributed by atoms with E-state index >= 15 is 0 Å². The van der Waals surface area contributed by atoms with Crippen LogP contribution in [-0.2, 0) is 14.3 Å². The van der Waals surface area contributed by atoms with E-state index in [0.29, 0.717) is 11.3 Å². The standard InChI is InChI=1S/C11H15NO3/c1-12-8-4-6-9(11(13)15-3)10(14-2)7-5-8/h4-8,12H,1-3H3. The van der Waals surface area contributed by atoms with Gasteiger partial charge in [-0.05, 0) is 19.2 Å². The summed E-state index contributed by atoms with van der Waals surface area (Å²) in [6, 6.07) is 0.0947. The van der Waals surface area contributed by atoms with Crippen LogP contribution >= 0.6 is 0 Å². The van der Waals surface area contributed by atoms with Gasteiger partial charge in [-0.15, -0.1) is 0 Å². The van der Waals surface area contributed by atoms with Crippen LogP contribution < -0.4 is 5.32 Å². The third-order valence-electron chi connectivity index (χ3n) is 2.15. The lowest BCUT2D eigenvalue weighted by Crippen LogP contribution is -2.19. The van der Waals surface area contributed by atoms with Crippen molar-refractivity contribution < 1.29 is 14.3 Å². The third-order valence-corrected chi connectivity index (χ3v) is 2.15. The Kier molecular flexibility index (Phi) is 4.12. The Morgan fingerprint density at radius 2 is 2.00 bits per heavy atom. The summed E-state index contributed by atoms with van der Waals surface area (Å²) in [6.07, 6.45) is 7.24. The van der Waals surface area contributed by atoms with Gasteiger partial charge >= 0.3 is 5.97 Å². The summed E-state index contributed by atoms with van der Waals surface area (Å²) in [5.74, 6) is 0.111. The van der Waals surface area contributed by atoms with E-state index in [4.69, 9.17) is 4.74 Å². The van der Waals surface area contributed by atoms with E-state index in [-0.39, 0.29) is 6.04 Å². The van der Waals surface area contributed by atoms with Crippen LogP contribution in [-0.4, -0.2) is 33.3 Å². The van der Waals surface area contributed by atoms with Gasteiger partial charge in [-0.3, -0.25) is 0 Å². The highest BCUT2D eigenvalue weighted by atomic mass is 16.5. The van der Waals surface area contributed by atoms with Crippen molar-refractivity contribution in [2.45, 2.75) is 6.04 Å². The summed E-state index contributed by atoms with van der Waals surface area (Å²) in [7, 11) is 4.71. The van der Waals surface area contributed by atoms with E-state index in [1.807, 2.05) is 19.2 Å². The van der Waals surface area contributed by atoms with Gasteiger partial charge in [0.2, 0.25) is 0 Å². The lowest BCUT2D eigenvalue weighted by molar-refractivity contribution is -0.135. The van der Waals surface area contributed by atoms with Crippen LogP contribution in [0, 0.1) is 0 Å². The minimum absolute atomic E-state index is 0.0947. The van der Waals surface area contributed by atoms with Gasteiger partial charge in [-0.2, -0.15) is 0 Å². The van der Waals surface area contributed by atoms with Crippen LogP contribution in [0.25, 0.3) is 0 Å². The average Bonchev–Trinajstić information content (AvgIpc) is 2.49. The number of esters is 1. The maximum Gasteiger partial charge on any atom is 0.341 e. The minimum atomic E-state index is -0.399. The smallest absolute Gasteiger partial charge is 0.341 e. The van der Waals surface area contributed by atoms with Gasteiger partial charge in [0.15, 0.2) is 0 Å². The molecule has 4 heteroatoms. The summed E-state index contributed by atoms with van der Waals surface area (Å²) in [6.45, 7) is 0. The quantitative estimate of drug-likeness (QED) is 0.698. The Morgan fingerprint density at radius 1 is 1.33 bits per heavy atom. The molecule has 82 valence electrons. The summed E-state index contributed by atoms with van der Waals surface area (Å²) >= 11 is 0. The normalized spacial score (nSPS) is 20.1. The SMILES string of the molecule is CNC1C=CC(OC)=C(C(=O)OC)C=C1. The number of nitrogens with one attached hydrogen (secondary N) is 1. The van der Waals surface area contributed by atoms with Gasteiger partial charge in [0.1, 0.15) is 11.3 Å². The zero-order valence-corrected chi connectivity index (χ0v) is 9.11. The lowest BCUT2D eigenvalue weighted by atomic mass is 10.2. The maximum absolute atomic E-state index is 11.4. The number of methoxy groups -OCH3 is 2. The Labute approximate surface area is 89.3 Å². The second kappa shape index (κ2) is 5.36. The van der Waals surface area contributed by atoms with Gasteiger partial charge in [0.05, 0.1) is 14.2 Å². The highest BCUT2D eigenvalue weighted by Gasteiger charge is 2.15. The van der Waals surface area contributed by atoms with E-state index in [9.17, 15) is 4.79 Å². The summed E-state index contributed by atoms with van der Waals surface area (Å²) in [5.41, 5.74) is 0.425. The molecule has 0 bridgehead atoms. The molecule has 1 atom stereocenters. The molecule has 0 saturated carbocycles. The molecule has 0 spiro atoms. The van der Waals surface area contributed by atoms with Crippen molar-refractivity contribution in [1.82, 2.24) is 5.32 Å². The number of likely N-dealkylation sites (N-methyl/N-ethyl adjacent to an activating group) is 1. The van der Waals surface area contributed by atoms with E-state index in [1.54, 1.807) is 12.2 Å². The number of hydrogen-bond acceptors (Lipinski definition) is 4. The molecule has 0 aliphatic heterocycles. The molecule has 0 fully saturated rings. The van der Waals surface area contributed by atoms with E-state index in [2.05, 4.69) is 10.1 Å². The van der Waals surface area contributed by atoms with E-state index in [0.717, 1.165) is 0 Å². The van der Waals surface area contributed by atoms with E-state index < -0.39 is 5.97 Å². The average molecular weight is 209 g/mol. The van der Waals surface area contributed by atoms with Gasteiger partial charge in [-0.1, -0.05) is 12.2 Å². The topological polar surface area (TPSA) is 47.6 Å². The molecule has 0 aromatic heterocycles. The summed E-state index contributed by atoms with van der Waals surface area (Å²) < 4.78 is 9.78. The fraction of sp³-hybridized carbons (Fsp3) is 0.364. The zero-order valence-electron chi connectivity index (χ0n) is 9.11. The minimum Gasteiger partial charge on any atom is -0.496 e. The third kappa shape index (κ3) is 2.70. The highest BCUT2D eigenvalue weighted by molar-refractivity contribution is 5.92. The van der Waals surface area contributed by atoms with Gasteiger partial charge in [0, 0.05) is 6.04 Å². The number of allylic oxidation sites excluding steroid dienone is 1. The Bertz CT molecular complexity index is 329. The number of hydrogen-bond donors (Lipinski definition) is 1. The van der Waals surface area contributed by atoms with Crippen LogP contribution in [0.5, 0.6) is 0 Å². The van der Waals surface area contributed by atoms with Crippen molar-refractivity contribution in [2.75, 3.05) is 21.3 Å². The van der Waals surface area contributed by atoms with Crippen molar-refractivity contribution in [3.8, 4) is 0 Å². The van der Waals surface area contributed by atoms with Crippen LogP contribution in [0.15, 0.2) is 35.6 Å². The molecule has 1 rings (SSSR count). The van der Waals surface area contributed by atoms with Crippen LogP contribution in [0.4, 0.5) is 0 Å². The molecule has 0 saturated heterocycles.